The molecule has 42 heavy (non-hydrogen) atoms. The number of anilines is 2. The number of hydrogen-bond acceptors (Lipinski definition) is 1. The van der Waals surface area contributed by atoms with Gasteiger partial charge in [0.2, 0.25) is 0 Å². The van der Waals surface area contributed by atoms with Crippen LogP contribution in [0.4, 0.5) is 11.4 Å². The van der Waals surface area contributed by atoms with E-state index in [1.165, 1.54) is 77.1 Å². The number of allylic oxidation sites excluding steroid dienone is 2. The summed E-state index contributed by atoms with van der Waals surface area (Å²) in [5, 5.41) is 7.92. The fourth-order valence-corrected chi connectivity index (χ4v) is 7.45. The van der Waals surface area contributed by atoms with Crippen LogP contribution in [0.2, 0.25) is 0 Å². The third-order valence-corrected chi connectivity index (χ3v) is 9.42. The zero-order chi connectivity index (χ0) is 27.8. The molecule has 0 radical (unpaired) electrons. The van der Waals surface area contributed by atoms with Crippen LogP contribution in [-0.4, -0.2) is 6.04 Å². The highest BCUT2D eigenvalue weighted by molar-refractivity contribution is 6.27. The van der Waals surface area contributed by atoms with Gasteiger partial charge in [-0.1, -0.05) is 133 Å². The first-order valence-electron chi connectivity index (χ1n) is 14.9. The maximum atomic E-state index is 2.52. The summed E-state index contributed by atoms with van der Waals surface area (Å²) in [6, 6.07) is 45.6. The van der Waals surface area contributed by atoms with E-state index in [0.717, 1.165) is 0 Å². The van der Waals surface area contributed by atoms with Gasteiger partial charge in [0.05, 0.1) is 6.04 Å². The van der Waals surface area contributed by atoms with Crippen molar-refractivity contribution >= 4 is 43.7 Å². The average molecular weight is 536 g/mol. The van der Waals surface area contributed by atoms with Crippen molar-refractivity contribution in [3.8, 4) is 22.3 Å². The van der Waals surface area contributed by atoms with Gasteiger partial charge in [-0.2, -0.15) is 0 Å². The first-order chi connectivity index (χ1) is 20.7. The van der Waals surface area contributed by atoms with Gasteiger partial charge in [-0.25, -0.2) is 0 Å². The second-order valence-electron chi connectivity index (χ2n) is 11.8. The topological polar surface area (TPSA) is 3.24 Å². The molecule has 0 spiro atoms. The summed E-state index contributed by atoms with van der Waals surface area (Å²) in [6.07, 6.45) is 9.07. The number of nitrogens with zero attached hydrogens (tertiary/aromatic N) is 1. The van der Waals surface area contributed by atoms with Gasteiger partial charge >= 0.3 is 0 Å². The summed E-state index contributed by atoms with van der Waals surface area (Å²) in [7, 11) is 0. The second-order valence-corrected chi connectivity index (χ2v) is 11.8. The number of para-hydroxylation sites is 1. The number of aryl methyl sites for hydroxylation is 1. The molecule has 0 aromatic heterocycles. The van der Waals surface area contributed by atoms with E-state index >= 15 is 0 Å². The monoisotopic (exact) mass is 535 g/mol. The lowest BCUT2D eigenvalue weighted by molar-refractivity contribution is 0.745. The lowest BCUT2D eigenvalue weighted by Gasteiger charge is -2.29. The highest BCUT2D eigenvalue weighted by Gasteiger charge is 2.37. The molecule has 0 bridgehead atoms. The third-order valence-electron chi connectivity index (χ3n) is 9.42. The third kappa shape index (κ3) is 3.37. The zero-order valence-corrected chi connectivity index (χ0v) is 23.5. The predicted molar refractivity (Wildman–Crippen MR) is 179 cm³/mol. The van der Waals surface area contributed by atoms with Gasteiger partial charge in [0.15, 0.2) is 0 Å². The molecule has 1 aliphatic carbocycles. The Balaban J connectivity index is 1.23. The first-order valence-corrected chi connectivity index (χ1v) is 14.9. The molecular formula is C41H29N. The van der Waals surface area contributed by atoms with E-state index in [0.29, 0.717) is 12.0 Å². The number of rotatable bonds is 3. The second kappa shape index (κ2) is 8.93. The maximum absolute atomic E-state index is 2.52. The van der Waals surface area contributed by atoms with Crippen molar-refractivity contribution in [3.63, 3.8) is 0 Å². The van der Waals surface area contributed by atoms with Gasteiger partial charge in [-0.05, 0) is 85.3 Å². The summed E-state index contributed by atoms with van der Waals surface area (Å²) in [5.41, 5.74) is 10.3. The Morgan fingerprint density at radius 1 is 0.548 bits per heavy atom. The molecule has 0 saturated carbocycles. The quantitative estimate of drug-likeness (QED) is 0.203. The van der Waals surface area contributed by atoms with Gasteiger partial charge in [-0.15, -0.1) is 0 Å². The van der Waals surface area contributed by atoms with E-state index in [-0.39, 0.29) is 0 Å². The normalized spacial score (nSPS) is 17.4. The smallest absolute Gasteiger partial charge is 0.0629 e. The largest absolute Gasteiger partial charge is 0.333 e. The molecule has 2 aliphatic rings. The minimum absolute atomic E-state index is 0.296. The lowest BCUT2D eigenvalue weighted by Crippen LogP contribution is -2.28. The number of benzene rings is 7. The van der Waals surface area contributed by atoms with E-state index in [1.54, 1.807) is 0 Å². The van der Waals surface area contributed by atoms with E-state index in [4.69, 9.17) is 0 Å². The minimum atomic E-state index is 0.296. The van der Waals surface area contributed by atoms with Gasteiger partial charge in [0.1, 0.15) is 0 Å². The van der Waals surface area contributed by atoms with Crippen molar-refractivity contribution in [1.29, 1.82) is 0 Å². The molecule has 1 heteroatoms. The van der Waals surface area contributed by atoms with Crippen LogP contribution in [0.3, 0.4) is 0 Å². The summed E-state index contributed by atoms with van der Waals surface area (Å²) in [4.78, 5) is 2.52. The van der Waals surface area contributed by atoms with Gasteiger partial charge in [0, 0.05) is 17.3 Å². The summed E-state index contributed by atoms with van der Waals surface area (Å²) < 4.78 is 0. The highest BCUT2D eigenvalue weighted by Crippen LogP contribution is 2.48. The van der Waals surface area contributed by atoms with Gasteiger partial charge < -0.3 is 4.90 Å². The molecule has 1 aliphatic heterocycles. The van der Waals surface area contributed by atoms with E-state index in [9.17, 15) is 0 Å². The molecule has 198 valence electrons. The van der Waals surface area contributed by atoms with E-state index in [1.807, 2.05) is 0 Å². The summed E-state index contributed by atoms with van der Waals surface area (Å²) in [5.74, 6) is 0.382. The van der Waals surface area contributed by atoms with Crippen molar-refractivity contribution < 1.29 is 0 Å². The molecule has 0 N–H and O–H groups in total. The highest BCUT2D eigenvalue weighted by atomic mass is 15.2. The Morgan fingerprint density at radius 3 is 1.98 bits per heavy atom. The molecule has 0 fully saturated rings. The van der Waals surface area contributed by atoms with E-state index < -0.39 is 0 Å². The number of hydrogen-bond donors (Lipinski definition) is 0. The molecule has 2 atom stereocenters. The van der Waals surface area contributed by atoms with Gasteiger partial charge in [0.25, 0.3) is 0 Å². The summed E-state index contributed by atoms with van der Waals surface area (Å²) in [6.45, 7) is 2.15. The van der Waals surface area contributed by atoms with Crippen molar-refractivity contribution in [1.82, 2.24) is 0 Å². The maximum Gasteiger partial charge on any atom is 0.0629 e. The Bertz CT molecular complexity index is 2220. The van der Waals surface area contributed by atoms with Gasteiger partial charge in [-0.3, -0.25) is 0 Å². The van der Waals surface area contributed by atoms with Crippen molar-refractivity contribution in [2.24, 2.45) is 0 Å². The molecule has 9 rings (SSSR count). The van der Waals surface area contributed by atoms with Crippen molar-refractivity contribution in [3.05, 3.63) is 157 Å². The van der Waals surface area contributed by atoms with Crippen LogP contribution in [0, 0.1) is 6.92 Å². The van der Waals surface area contributed by atoms with Crippen LogP contribution in [-0.2, 0) is 0 Å². The molecule has 2 unspecified atom stereocenters. The first kappa shape index (κ1) is 23.6. The van der Waals surface area contributed by atoms with Crippen LogP contribution < -0.4 is 4.90 Å². The Hall–Kier alpha value is -5.14. The Morgan fingerprint density at radius 2 is 1.21 bits per heavy atom. The van der Waals surface area contributed by atoms with Crippen LogP contribution in [0.5, 0.6) is 0 Å². The SMILES string of the molecule is Cc1ccc(-c2ccc3ccc4c(-c5cccc(N6c7ccccc7C7C=CC=CC76)c5)ccc5ccc2c3c54)cc1. The van der Waals surface area contributed by atoms with Crippen LogP contribution in [0.1, 0.15) is 17.0 Å². The van der Waals surface area contributed by atoms with Crippen LogP contribution in [0.15, 0.2) is 146 Å². The number of fused-ring (bicyclic) bond motifs is 3. The summed E-state index contributed by atoms with van der Waals surface area (Å²) >= 11 is 0. The van der Waals surface area contributed by atoms with Crippen molar-refractivity contribution in [2.75, 3.05) is 4.90 Å². The lowest BCUT2D eigenvalue weighted by atomic mass is 9.87. The standard InChI is InChI=1S/C41H29N/c1-26-13-15-27(16-14-26)32-21-17-28-20-24-37-33(22-18-29-19-23-36(32)40(28)41(29)37)30-7-6-8-31(25-30)42-38-11-4-2-9-34(38)35-10-3-5-12-39(35)42/h2-25,34,38H,1H3. The molecule has 1 nitrogen and oxygen atoms in total. The van der Waals surface area contributed by atoms with Crippen LogP contribution >= 0.6 is 0 Å². The fourth-order valence-electron chi connectivity index (χ4n) is 7.45. The fraction of sp³-hybridized carbons (Fsp3) is 0.0732. The minimum Gasteiger partial charge on any atom is -0.333 e. The predicted octanol–water partition coefficient (Wildman–Crippen LogP) is 11.0. The van der Waals surface area contributed by atoms with Crippen LogP contribution in [0.25, 0.3) is 54.6 Å². The molecular weight excluding hydrogens is 506 g/mol. The van der Waals surface area contributed by atoms with E-state index in [2.05, 4.69) is 157 Å². The molecule has 0 saturated heterocycles. The Kier molecular flexibility index (Phi) is 5.01. The average Bonchev–Trinajstić information content (AvgIpc) is 3.38. The molecule has 1 heterocycles. The zero-order valence-electron chi connectivity index (χ0n) is 23.5. The van der Waals surface area contributed by atoms with Crippen molar-refractivity contribution in [2.45, 2.75) is 18.9 Å². The Labute approximate surface area is 246 Å². The molecule has 0 amide bonds. The molecule has 7 aromatic rings. The molecule has 7 aromatic carbocycles.